The molecular weight excluding hydrogens is 374 g/mol. The lowest BCUT2D eigenvalue weighted by molar-refractivity contribution is -0.385. The fraction of sp³-hybridized carbons (Fsp3) is 0. The van der Waals surface area contributed by atoms with Crippen molar-refractivity contribution in [3.63, 3.8) is 0 Å². The lowest BCUT2D eigenvalue weighted by Crippen LogP contribution is -1.99. The maximum absolute atomic E-state index is 10.9. The molecule has 0 saturated carbocycles. The van der Waals surface area contributed by atoms with Gasteiger partial charge in [0.2, 0.25) is 0 Å². The summed E-state index contributed by atoms with van der Waals surface area (Å²) in [5, 5.41) is 38.9. The first-order valence-corrected chi connectivity index (χ1v) is 7.76. The number of hydrogen-bond acceptors (Lipinski definition) is 7. The molecule has 10 heteroatoms. The monoisotopic (exact) mass is 381 g/mol. The van der Waals surface area contributed by atoms with Crippen LogP contribution in [0.25, 0.3) is 22.4 Å². The van der Waals surface area contributed by atoms with E-state index in [1.807, 2.05) is 6.07 Å². The van der Waals surface area contributed by atoms with Crippen molar-refractivity contribution in [2.75, 3.05) is 0 Å². The highest BCUT2D eigenvalue weighted by Crippen LogP contribution is 2.36. The minimum Gasteiger partial charge on any atom is -0.258 e. The largest absolute Gasteiger partial charge is 0.269 e. The Hall–Kier alpha value is -3.90. The van der Waals surface area contributed by atoms with Crippen LogP contribution in [0.1, 0.15) is 5.56 Å². The fourth-order valence-electron chi connectivity index (χ4n) is 2.49. The van der Waals surface area contributed by atoms with E-state index in [0.29, 0.717) is 16.7 Å². The van der Waals surface area contributed by atoms with Crippen molar-refractivity contribution < 1.29 is 9.85 Å². The van der Waals surface area contributed by atoms with E-state index >= 15 is 0 Å². The van der Waals surface area contributed by atoms with Crippen LogP contribution < -0.4 is 0 Å². The first-order chi connectivity index (χ1) is 12.9. The molecule has 0 atom stereocenters. The third-order valence-electron chi connectivity index (χ3n) is 3.76. The Kier molecular flexibility index (Phi) is 4.74. The van der Waals surface area contributed by atoms with E-state index in [2.05, 4.69) is 10.2 Å². The molecule has 1 aromatic heterocycles. The molecule has 0 fully saturated rings. The summed E-state index contributed by atoms with van der Waals surface area (Å²) in [6.45, 7) is 0. The molecule has 0 bridgehead atoms. The zero-order chi connectivity index (χ0) is 19.6. The van der Waals surface area contributed by atoms with Gasteiger partial charge in [-0.3, -0.25) is 20.2 Å². The Balaban J connectivity index is 2.22. The van der Waals surface area contributed by atoms with Gasteiger partial charge in [-0.25, -0.2) is 0 Å². The number of hydrogen-bond donors (Lipinski definition) is 0. The predicted octanol–water partition coefficient (Wildman–Crippen LogP) is 4.15. The average Bonchev–Trinajstić information content (AvgIpc) is 2.67. The first-order valence-electron chi connectivity index (χ1n) is 7.38. The van der Waals surface area contributed by atoms with E-state index in [-0.39, 0.29) is 27.8 Å². The summed E-state index contributed by atoms with van der Waals surface area (Å²) in [6, 6.07) is 13.1. The van der Waals surface area contributed by atoms with Crippen molar-refractivity contribution >= 4 is 23.0 Å². The topological polar surface area (TPSA) is 136 Å². The predicted molar refractivity (Wildman–Crippen MR) is 95.9 cm³/mol. The van der Waals surface area contributed by atoms with Gasteiger partial charge in [0, 0.05) is 35.4 Å². The summed E-state index contributed by atoms with van der Waals surface area (Å²) in [4.78, 5) is 20.6. The van der Waals surface area contributed by atoms with Crippen LogP contribution in [0.5, 0.6) is 0 Å². The molecule has 0 spiro atoms. The van der Waals surface area contributed by atoms with Gasteiger partial charge in [-0.1, -0.05) is 11.6 Å². The molecule has 132 valence electrons. The van der Waals surface area contributed by atoms with Gasteiger partial charge in [0.15, 0.2) is 5.15 Å². The molecule has 0 N–H and O–H groups in total. The van der Waals surface area contributed by atoms with Crippen molar-refractivity contribution in [2.24, 2.45) is 0 Å². The molecule has 1 heterocycles. The number of halogens is 1. The van der Waals surface area contributed by atoms with Crippen molar-refractivity contribution in [1.29, 1.82) is 5.26 Å². The average molecular weight is 382 g/mol. The van der Waals surface area contributed by atoms with Crippen LogP contribution in [0, 0.1) is 31.6 Å². The third kappa shape index (κ3) is 3.42. The number of nitro benzene ring substituents is 2. The maximum atomic E-state index is 10.9. The van der Waals surface area contributed by atoms with Crippen molar-refractivity contribution in [2.45, 2.75) is 0 Å². The second-order valence-electron chi connectivity index (χ2n) is 5.31. The summed E-state index contributed by atoms with van der Waals surface area (Å²) in [5.41, 5.74) is 1.41. The van der Waals surface area contributed by atoms with Gasteiger partial charge in [0.25, 0.3) is 11.4 Å². The molecule has 0 amide bonds. The number of nitriles is 1. The van der Waals surface area contributed by atoms with Crippen molar-refractivity contribution in [1.82, 2.24) is 10.2 Å². The van der Waals surface area contributed by atoms with Gasteiger partial charge in [-0.15, -0.1) is 10.2 Å². The summed E-state index contributed by atoms with van der Waals surface area (Å²) in [7, 11) is 0. The van der Waals surface area contributed by atoms with Crippen LogP contribution in [0.4, 0.5) is 11.4 Å². The fourth-order valence-corrected chi connectivity index (χ4v) is 2.67. The lowest BCUT2D eigenvalue weighted by Gasteiger charge is -2.11. The molecule has 27 heavy (non-hydrogen) atoms. The zero-order valence-corrected chi connectivity index (χ0v) is 14.1. The number of nitro groups is 2. The zero-order valence-electron chi connectivity index (χ0n) is 13.4. The van der Waals surface area contributed by atoms with E-state index in [1.54, 1.807) is 0 Å². The van der Waals surface area contributed by atoms with Crippen molar-refractivity contribution in [3.8, 4) is 28.5 Å². The van der Waals surface area contributed by atoms with Gasteiger partial charge >= 0.3 is 0 Å². The number of aromatic nitrogens is 2. The Bertz CT molecular complexity index is 1090. The van der Waals surface area contributed by atoms with Crippen LogP contribution >= 0.6 is 11.6 Å². The van der Waals surface area contributed by atoms with E-state index in [4.69, 9.17) is 11.6 Å². The third-order valence-corrected chi connectivity index (χ3v) is 4.03. The molecule has 2 aromatic carbocycles. The number of nitrogens with zero attached hydrogens (tertiary/aromatic N) is 5. The summed E-state index contributed by atoms with van der Waals surface area (Å²) >= 11 is 5.99. The lowest BCUT2D eigenvalue weighted by atomic mass is 9.96. The Morgan fingerprint density at radius 1 is 0.852 bits per heavy atom. The van der Waals surface area contributed by atoms with Crippen LogP contribution in [0.2, 0.25) is 5.15 Å². The molecule has 3 aromatic rings. The van der Waals surface area contributed by atoms with Gasteiger partial charge in [0.1, 0.15) is 17.3 Å². The number of non-ortho nitro benzene ring substituents is 2. The number of rotatable bonds is 4. The standard InChI is InChI=1S/C17H8ClN5O4/c18-17-14(9-19)15(10-1-5-12(6-2-10)22(24)25)16(20-21-17)11-3-7-13(8-4-11)23(26)27/h1-8H. The molecular formula is C17H8ClN5O4. The molecule has 0 radical (unpaired) electrons. The van der Waals surface area contributed by atoms with Crippen LogP contribution in [0.15, 0.2) is 48.5 Å². The van der Waals surface area contributed by atoms with Crippen LogP contribution in [0.3, 0.4) is 0 Å². The normalized spacial score (nSPS) is 10.2. The maximum Gasteiger partial charge on any atom is 0.269 e. The SMILES string of the molecule is N#Cc1c(Cl)nnc(-c2ccc([N+](=O)[O-])cc2)c1-c1ccc([N+](=O)[O-])cc1. The Morgan fingerprint density at radius 2 is 1.33 bits per heavy atom. The van der Waals surface area contributed by atoms with E-state index in [1.165, 1.54) is 48.5 Å². The number of benzene rings is 2. The molecule has 9 nitrogen and oxygen atoms in total. The Morgan fingerprint density at radius 3 is 1.78 bits per heavy atom. The van der Waals surface area contributed by atoms with E-state index in [0.717, 1.165) is 0 Å². The second kappa shape index (κ2) is 7.15. The summed E-state index contributed by atoms with van der Waals surface area (Å²) in [5.74, 6) is 0. The summed E-state index contributed by atoms with van der Waals surface area (Å²) < 4.78 is 0. The van der Waals surface area contributed by atoms with E-state index in [9.17, 15) is 25.5 Å². The summed E-state index contributed by atoms with van der Waals surface area (Å²) in [6.07, 6.45) is 0. The molecule has 0 aliphatic heterocycles. The first kappa shape index (κ1) is 17.9. The van der Waals surface area contributed by atoms with Crippen LogP contribution in [-0.2, 0) is 0 Å². The van der Waals surface area contributed by atoms with Gasteiger partial charge < -0.3 is 0 Å². The smallest absolute Gasteiger partial charge is 0.258 e. The molecule has 0 aliphatic rings. The second-order valence-corrected chi connectivity index (χ2v) is 5.67. The van der Waals surface area contributed by atoms with Gasteiger partial charge in [-0.2, -0.15) is 5.26 Å². The van der Waals surface area contributed by atoms with Gasteiger partial charge in [0.05, 0.1) is 9.85 Å². The van der Waals surface area contributed by atoms with Crippen molar-refractivity contribution in [3.05, 3.63) is 79.5 Å². The van der Waals surface area contributed by atoms with Crippen LogP contribution in [-0.4, -0.2) is 20.0 Å². The molecule has 0 aliphatic carbocycles. The molecule has 0 saturated heterocycles. The van der Waals surface area contributed by atoms with E-state index < -0.39 is 9.85 Å². The highest BCUT2D eigenvalue weighted by atomic mass is 35.5. The highest BCUT2D eigenvalue weighted by Gasteiger charge is 2.20. The Labute approximate surface area is 156 Å². The molecule has 0 unspecified atom stereocenters. The van der Waals surface area contributed by atoms with Gasteiger partial charge in [-0.05, 0) is 29.8 Å². The minimum atomic E-state index is -0.538. The quantitative estimate of drug-likeness (QED) is 0.488. The minimum absolute atomic E-state index is 0.0499. The molecule has 3 rings (SSSR count). The highest BCUT2D eigenvalue weighted by molar-refractivity contribution is 6.31.